The highest BCUT2D eigenvalue weighted by molar-refractivity contribution is 9.10. The number of carbonyl (C=O) groups is 3. The molecule has 0 aromatic heterocycles. The highest BCUT2D eigenvalue weighted by atomic mass is 79.9. The molecule has 0 aliphatic carbocycles. The van der Waals surface area contributed by atoms with E-state index < -0.39 is 22.7 Å². The molecule has 0 fully saturated rings. The van der Waals surface area contributed by atoms with Crippen molar-refractivity contribution in [3.05, 3.63) is 70.2 Å². The van der Waals surface area contributed by atoms with Gasteiger partial charge in [-0.2, -0.15) is 0 Å². The van der Waals surface area contributed by atoms with Crippen LogP contribution in [0.1, 0.15) is 27.5 Å². The standard InChI is InChI=1S/C22H19BrClN5O3/c1-29-11-10-12-6-2-3-7-13(12)17(22(29)32)25-21(31)18-16(23)19(28-27-18)26-20(30)14-8-4-5-9-15(14)24/h2-9,16-17H,10-11H2,1H3,(H,25,31)(H,26,28,30). The lowest BCUT2D eigenvalue weighted by atomic mass is 9.99. The monoisotopic (exact) mass is 515 g/mol. The molecule has 2 heterocycles. The zero-order chi connectivity index (χ0) is 22.8. The van der Waals surface area contributed by atoms with Crippen LogP contribution in [0.4, 0.5) is 0 Å². The molecule has 2 unspecified atom stereocenters. The largest absolute Gasteiger partial charge is 0.343 e. The Hall–Kier alpha value is -3.04. The summed E-state index contributed by atoms with van der Waals surface area (Å²) in [6.45, 7) is 0.561. The van der Waals surface area contributed by atoms with Gasteiger partial charge >= 0.3 is 0 Å². The van der Waals surface area contributed by atoms with Gasteiger partial charge in [0.15, 0.2) is 5.84 Å². The van der Waals surface area contributed by atoms with Crippen LogP contribution in [0, 0.1) is 0 Å². The van der Waals surface area contributed by atoms with Crippen LogP contribution in [0.5, 0.6) is 0 Å². The molecule has 2 aliphatic heterocycles. The second-order valence-corrected chi connectivity index (χ2v) is 8.70. The summed E-state index contributed by atoms with van der Waals surface area (Å²) in [5.74, 6) is -1.07. The van der Waals surface area contributed by atoms with Gasteiger partial charge in [0.25, 0.3) is 11.8 Å². The first-order valence-corrected chi connectivity index (χ1v) is 11.1. The zero-order valence-electron chi connectivity index (χ0n) is 17.0. The predicted molar refractivity (Wildman–Crippen MR) is 125 cm³/mol. The minimum atomic E-state index is -0.838. The van der Waals surface area contributed by atoms with Crippen LogP contribution < -0.4 is 10.6 Å². The first-order chi connectivity index (χ1) is 15.4. The molecular weight excluding hydrogens is 498 g/mol. The fraction of sp³-hybridized carbons (Fsp3) is 0.227. The van der Waals surface area contributed by atoms with Gasteiger partial charge in [0, 0.05) is 13.6 Å². The van der Waals surface area contributed by atoms with Crippen LogP contribution in [-0.4, -0.2) is 52.6 Å². The third-order valence-electron chi connectivity index (χ3n) is 5.32. The Bertz CT molecular complexity index is 1170. The average Bonchev–Trinajstić information content (AvgIpc) is 3.10. The lowest BCUT2D eigenvalue weighted by Gasteiger charge is -2.22. The average molecular weight is 517 g/mol. The Morgan fingerprint density at radius 3 is 2.59 bits per heavy atom. The normalized spacial score (nSPS) is 20.1. The van der Waals surface area contributed by atoms with E-state index in [9.17, 15) is 14.4 Å². The van der Waals surface area contributed by atoms with Crippen LogP contribution in [0.2, 0.25) is 5.02 Å². The molecule has 3 amide bonds. The quantitative estimate of drug-likeness (QED) is 0.613. The first kappa shape index (κ1) is 22.2. The second-order valence-electron chi connectivity index (χ2n) is 7.38. The second kappa shape index (κ2) is 9.22. The summed E-state index contributed by atoms with van der Waals surface area (Å²) in [6, 6.07) is 13.3. The topological polar surface area (TPSA) is 103 Å². The highest BCUT2D eigenvalue weighted by Gasteiger charge is 2.36. The number of likely N-dealkylation sites (N-methyl/N-ethyl adjacent to an activating group) is 1. The number of amides is 3. The Morgan fingerprint density at radius 2 is 1.81 bits per heavy atom. The van der Waals surface area contributed by atoms with Gasteiger partial charge in [0.1, 0.15) is 16.6 Å². The molecular formula is C22H19BrClN5O3. The van der Waals surface area contributed by atoms with Crippen LogP contribution in [0.3, 0.4) is 0 Å². The number of fused-ring (bicyclic) bond motifs is 1. The van der Waals surface area contributed by atoms with Crippen molar-refractivity contribution in [2.24, 2.45) is 10.2 Å². The number of benzene rings is 2. The van der Waals surface area contributed by atoms with Gasteiger partial charge in [0.05, 0.1) is 10.6 Å². The predicted octanol–water partition coefficient (Wildman–Crippen LogP) is 2.47. The maximum absolute atomic E-state index is 13.0. The van der Waals surface area contributed by atoms with E-state index in [0.29, 0.717) is 18.0 Å². The number of nitrogens with one attached hydrogen (secondary N) is 2. The minimum Gasteiger partial charge on any atom is -0.343 e. The fourth-order valence-electron chi connectivity index (χ4n) is 3.56. The third-order valence-corrected chi connectivity index (χ3v) is 6.52. The molecule has 0 saturated carbocycles. The summed E-state index contributed by atoms with van der Waals surface area (Å²) >= 11 is 9.43. The number of nitrogens with zero attached hydrogens (tertiary/aromatic N) is 3. The number of hydrogen-bond acceptors (Lipinski definition) is 5. The van der Waals surface area contributed by atoms with Crippen LogP contribution in [0.25, 0.3) is 0 Å². The van der Waals surface area contributed by atoms with E-state index in [0.717, 1.165) is 11.1 Å². The van der Waals surface area contributed by atoms with Gasteiger partial charge in [-0.15, -0.1) is 10.2 Å². The van der Waals surface area contributed by atoms with E-state index in [1.807, 2.05) is 24.3 Å². The zero-order valence-corrected chi connectivity index (χ0v) is 19.4. The number of carbonyl (C=O) groups excluding carboxylic acids is 3. The van der Waals surface area contributed by atoms with Crippen molar-refractivity contribution in [1.29, 1.82) is 0 Å². The van der Waals surface area contributed by atoms with Gasteiger partial charge in [-0.05, 0) is 29.7 Å². The van der Waals surface area contributed by atoms with Crippen LogP contribution in [-0.2, 0) is 16.0 Å². The SMILES string of the molecule is CN1CCc2ccccc2C(NC(=O)C2=NN=C(NC(=O)c3ccccc3Cl)C2Br)C1=O. The maximum atomic E-state index is 13.0. The molecule has 2 atom stereocenters. The molecule has 10 heteroatoms. The molecule has 0 radical (unpaired) electrons. The number of hydrogen-bond donors (Lipinski definition) is 2. The van der Waals surface area contributed by atoms with Crippen LogP contribution >= 0.6 is 27.5 Å². The molecule has 4 rings (SSSR count). The lowest BCUT2D eigenvalue weighted by Crippen LogP contribution is -2.46. The summed E-state index contributed by atoms with van der Waals surface area (Å²) in [7, 11) is 1.71. The van der Waals surface area contributed by atoms with Crippen molar-refractivity contribution in [3.8, 4) is 0 Å². The first-order valence-electron chi connectivity index (χ1n) is 9.86. The Morgan fingerprint density at radius 1 is 1.09 bits per heavy atom. The molecule has 2 aromatic rings. The van der Waals surface area contributed by atoms with Gasteiger partial charge in [0.2, 0.25) is 5.91 Å². The summed E-state index contributed by atoms with van der Waals surface area (Å²) in [6.07, 6.45) is 0.703. The van der Waals surface area contributed by atoms with Gasteiger partial charge in [-0.25, -0.2) is 0 Å². The molecule has 2 N–H and O–H groups in total. The smallest absolute Gasteiger partial charge is 0.270 e. The van der Waals surface area contributed by atoms with Gasteiger partial charge in [-0.1, -0.05) is 63.9 Å². The summed E-state index contributed by atoms with van der Waals surface area (Å²) < 4.78 is 0. The molecule has 2 aliphatic rings. The van der Waals surface area contributed by atoms with E-state index in [1.165, 1.54) is 0 Å². The molecule has 8 nitrogen and oxygen atoms in total. The van der Waals surface area contributed by atoms with Crippen molar-refractivity contribution in [2.45, 2.75) is 17.3 Å². The van der Waals surface area contributed by atoms with E-state index in [1.54, 1.807) is 36.2 Å². The van der Waals surface area contributed by atoms with Crippen molar-refractivity contribution >= 4 is 56.8 Å². The van der Waals surface area contributed by atoms with Crippen molar-refractivity contribution in [1.82, 2.24) is 15.5 Å². The molecule has 164 valence electrons. The van der Waals surface area contributed by atoms with Crippen molar-refractivity contribution in [2.75, 3.05) is 13.6 Å². The van der Waals surface area contributed by atoms with Crippen LogP contribution in [0.15, 0.2) is 58.7 Å². The number of amidine groups is 1. The minimum absolute atomic E-state index is 0.0386. The molecule has 32 heavy (non-hydrogen) atoms. The third kappa shape index (κ3) is 4.31. The van der Waals surface area contributed by atoms with Crippen molar-refractivity contribution in [3.63, 3.8) is 0 Å². The van der Waals surface area contributed by atoms with Gasteiger partial charge < -0.3 is 15.5 Å². The van der Waals surface area contributed by atoms with E-state index in [-0.39, 0.29) is 23.0 Å². The molecule has 0 saturated heterocycles. The summed E-state index contributed by atoms with van der Waals surface area (Å²) in [5, 5.41) is 13.6. The Labute approximate surface area is 197 Å². The Balaban J connectivity index is 1.47. The fourth-order valence-corrected chi connectivity index (χ4v) is 4.28. The van der Waals surface area contributed by atoms with E-state index >= 15 is 0 Å². The molecule has 0 spiro atoms. The Kier molecular flexibility index (Phi) is 6.38. The van der Waals surface area contributed by atoms with E-state index in [4.69, 9.17) is 11.6 Å². The van der Waals surface area contributed by atoms with Gasteiger partial charge in [-0.3, -0.25) is 14.4 Å². The number of halogens is 2. The number of alkyl halides is 1. The molecule has 2 aromatic carbocycles. The molecule has 0 bridgehead atoms. The summed E-state index contributed by atoms with van der Waals surface area (Å²) in [5.41, 5.74) is 2.08. The van der Waals surface area contributed by atoms with Crippen molar-refractivity contribution < 1.29 is 14.4 Å². The van der Waals surface area contributed by atoms with E-state index in [2.05, 4.69) is 36.8 Å². The maximum Gasteiger partial charge on any atom is 0.270 e. The lowest BCUT2D eigenvalue weighted by molar-refractivity contribution is -0.134. The summed E-state index contributed by atoms with van der Waals surface area (Å²) in [4.78, 5) is 39.3. The number of rotatable bonds is 3. The highest BCUT2D eigenvalue weighted by Crippen LogP contribution is 2.25.